The van der Waals surface area contributed by atoms with Crippen molar-refractivity contribution in [3.05, 3.63) is 60.8 Å². The Hall–Kier alpha value is -2.33. The molecule has 53 heavy (non-hydrogen) atoms. The molecule has 0 saturated heterocycles. The molecule has 0 amide bonds. The summed E-state index contributed by atoms with van der Waals surface area (Å²) in [4.78, 5) is 35.2. The van der Waals surface area contributed by atoms with Gasteiger partial charge in [-0.1, -0.05) is 107 Å². The summed E-state index contributed by atoms with van der Waals surface area (Å²) in [5.41, 5.74) is 0. The first-order valence-corrected chi connectivity index (χ1v) is 21.6. The number of quaternary nitrogens is 1. The third-order valence-corrected chi connectivity index (χ3v) is 9.17. The molecule has 0 fully saturated rings. The van der Waals surface area contributed by atoms with E-state index in [-0.39, 0.29) is 32.2 Å². The first-order valence-electron chi connectivity index (χ1n) is 20.1. The number of phosphoric acid groups is 1. The number of aliphatic hydroxyl groups is 1. The molecule has 0 aromatic heterocycles. The summed E-state index contributed by atoms with van der Waals surface area (Å²) < 4.78 is 34.1. The third-order valence-electron chi connectivity index (χ3n) is 8.18. The number of ether oxygens (including phenoxy) is 2. The summed E-state index contributed by atoms with van der Waals surface area (Å²) in [5.74, 6) is -0.902. The lowest BCUT2D eigenvalue weighted by molar-refractivity contribution is -0.870. The molecule has 0 saturated carbocycles. The lowest BCUT2D eigenvalue weighted by Crippen LogP contribution is -2.37. The third kappa shape index (κ3) is 37.8. The Labute approximate surface area is 322 Å². The van der Waals surface area contributed by atoms with Crippen molar-refractivity contribution in [2.75, 3.05) is 47.5 Å². The fraction of sp³-hybridized carbons (Fsp3) is 0.714. The van der Waals surface area contributed by atoms with Crippen LogP contribution in [0.15, 0.2) is 60.8 Å². The van der Waals surface area contributed by atoms with E-state index in [9.17, 15) is 24.2 Å². The second kappa shape index (κ2) is 34.2. The minimum Gasteiger partial charge on any atom is -0.462 e. The van der Waals surface area contributed by atoms with Gasteiger partial charge >= 0.3 is 19.8 Å². The molecule has 0 bridgehead atoms. The van der Waals surface area contributed by atoms with Gasteiger partial charge in [0.2, 0.25) is 0 Å². The van der Waals surface area contributed by atoms with Crippen LogP contribution < -0.4 is 0 Å². The number of hydrogen-bond donors (Lipinski definition) is 2. The number of allylic oxidation sites excluding steroid dienone is 10. The molecule has 0 aromatic carbocycles. The number of carbonyl (C=O) groups is 2. The van der Waals surface area contributed by atoms with Crippen LogP contribution in [0.1, 0.15) is 136 Å². The minimum atomic E-state index is -4.39. The molecule has 0 radical (unpaired) electrons. The Bertz CT molecular complexity index is 1110. The molecule has 306 valence electrons. The average molecular weight is 769 g/mol. The summed E-state index contributed by atoms with van der Waals surface area (Å²) in [6, 6.07) is 0. The second-order valence-corrected chi connectivity index (χ2v) is 15.9. The highest BCUT2D eigenvalue weighted by atomic mass is 31.2. The van der Waals surface area contributed by atoms with Crippen LogP contribution in [0.25, 0.3) is 0 Å². The summed E-state index contributed by atoms with van der Waals surface area (Å²) in [7, 11) is 1.41. The van der Waals surface area contributed by atoms with Crippen LogP contribution in [0.5, 0.6) is 0 Å². The van der Waals surface area contributed by atoms with Crippen molar-refractivity contribution in [3.63, 3.8) is 0 Å². The maximum Gasteiger partial charge on any atom is 0.472 e. The van der Waals surface area contributed by atoms with Gasteiger partial charge in [-0.05, 0) is 77.0 Å². The first-order chi connectivity index (χ1) is 25.4. The lowest BCUT2D eigenvalue weighted by atomic mass is 10.1. The van der Waals surface area contributed by atoms with Gasteiger partial charge in [0.05, 0.1) is 33.9 Å². The van der Waals surface area contributed by atoms with Crippen molar-refractivity contribution in [2.45, 2.75) is 148 Å². The van der Waals surface area contributed by atoms with Crippen LogP contribution in [-0.2, 0) is 32.7 Å². The van der Waals surface area contributed by atoms with E-state index in [1.54, 1.807) is 0 Å². The van der Waals surface area contributed by atoms with Crippen LogP contribution in [-0.4, -0.2) is 86.1 Å². The average Bonchev–Trinajstić information content (AvgIpc) is 3.10. The SMILES string of the molecule is CCCC/C=C\CCCCCCCC(=O)O[C@H](COC(=O)CCC/C=C\C/C=C\C/C=C\C/C=C\CC[C@@H](O)CC)COP(=O)(O)OCC[N+](C)(C)C. The Morgan fingerprint density at radius 1 is 0.660 bits per heavy atom. The van der Waals surface area contributed by atoms with Crippen LogP contribution in [0.3, 0.4) is 0 Å². The van der Waals surface area contributed by atoms with Gasteiger partial charge in [0.25, 0.3) is 0 Å². The Morgan fingerprint density at radius 2 is 1.19 bits per heavy atom. The Balaban J connectivity index is 4.52. The molecule has 1 unspecified atom stereocenters. The second-order valence-electron chi connectivity index (χ2n) is 14.5. The van der Waals surface area contributed by atoms with Gasteiger partial charge in [0.15, 0.2) is 6.10 Å². The summed E-state index contributed by atoms with van der Waals surface area (Å²) in [6.07, 6.45) is 36.5. The highest BCUT2D eigenvalue weighted by Gasteiger charge is 2.27. The highest BCUT2D eigenvalue weighted by Crippen LogP contribution is 2.43. The number of unbranched alkanes of at least 4 members (excludes halogenated alkanes) is 8. The molecule has 0 aliphatic carbocycles. The predicted octanol–water partition coefficient (Wildman–Crippen LogP) is 9.87. The van der Waals surface area contributed by atoms with E-state index in [2.05, 4.69) is 61.6 Å². The molecule has 2 N–H and O–H groups in total. The van der Waals surface area contributed by atoms with Crippen LogP contribution in [0.4, 0.5) is 0 Å². The van der Waals surface area contributed by atoms with Gasteiger partial charge in [-0.3, -0.25) is 18.6 Å². The van der Waals surface area contributed by atoms with Gasteiger partial charge in [-0.2, -0.15) is 0 Å². The largest absolute Gasteiger partial charge is 0.472 e. The molecule has 10 nitrogen and oxygen atoms in total. The normalized spacial score (nSPS) is 14.9. The number of nitrogens with zero attached hydrogens (tertiary/aromatic N) is 1. The molecular weight excluding hydrogens is 693 g/mol. The Kier molecular flexibility index (Phi) is 32.7. The zero-order chi connectivity index (χ0) is 39.5. The van der Waals surface area contributed by atoms with Gasteiger partial charge in [-0.15, -0.1) is 0 Å². The number of aliphatic hydroxyl groups excluding tert-OH is 1. The van der Waals surface area contributed by atoms with Crippen LogP contribution in [0, 0.1) is 0 Å². The first kappa shape index (κ1) is 50.7. The van der Waals surface area contributed by atoms with Crippen molar-refractivity contribution in [1.29, 1.82) is 0 Å². The fourth-order valence-electron chi connectivity index (χ4n) is 4.79. The van der Waals surface area contributed by atoms with Crippen molar-refractivity contribution in [2.24, 2.45) is 0 Å². The van der Waals surface area contributed by atoms with Gasteiger partial charge in [0.1, 0.15) is 19.8 Å². The summed E-state index contributed by atoms with van der Waals surface area (Å²) in [5, 5.41) is 9.55. The van der Waals surface area contributed by atoms with E-state index >= 15 is 0 Å². The predicted molar refractivity (Wildman–Crippen MR) is 216 cm³/mol. The topological polar surface area (TPSA) is 129 Å². The molecule has 0 aliphatic rings. The molecule has 3 atom stereocenters. The summed E-state index contributed by atoms with van der Waals surface area (Å²) in [6.45, 7) is 3.99. The molecule has 0 heterocycles. The standard InChI is InChI=1S/C42H74NO9P/c1-6-8-9-10-11-12-17-22-25-28-31-34-42(46)52-40(38-51-53(47,48)50-36-35-43(3,4)5)37-49-41(45)33-30-27-24-21-19-16-14-13-15-18-20-23-26-29-32-39(44)7-2/h10-11,14-16,18,21,23-24,26,39-40,44H,6-9,12-13,17,19-20,22,25,27-38H2,1-5H3/p+1/b11-10-,16-14-,18-15-,24-21-,26-23-/t39-,40+/m0/s1. The number of rotatable bonds is 35. The smallest absolute Gasteiger partial charge is 0.462 e. The maximum absolute atomic E-state index is 12.6. The van der Waals surface area contributed by atoms with E-state index in [4.69, 9.17) is 18.5 Å². The number of hydrogen-bond acceptors (Lipinski definition) is 8. The number of phosphoric ester groups is 1. The zero-order valence-corrected chi connectivity index (χ0v) is 34.7. The van der Waals surface area contributed by atoms with Gasteiger partial charge in [0, 0.05) is 12.8 Å². The van der Waals surface area contributed by atoms with Gasteiger partial charge in [-0.25, -0.2) is 4.57 Å². The van der Waals surface area contributed by atoms with Crippen molar-refractivity contribution >= 4 is 19.8 Å². The van der Waals surface area contributed by atoms with Crippen molar-refractivity contribution in [1.82, 2.24) is 0 Å². The van der Waals surface area contributed by atoms with Crippen molar-refractivity contribution in [3.8, 4) is 0 Å². The molecule has 0 aliphatic heterocycles. The van der Waals surface area contributed by atoms with Crippen LogP contribution >= 0.6 is 7.82 Å². The summed E-state index contributed by atoms with van der Waals surface area (Å²) >= 11 is 0. The van der Waals surface area contributed by atoms with E-state index in [0.29, 0.717) is 23.9 Å². The molecule has 11 heteroatoms. The monoisotopic (exact) mass is 769 g/mol. The van der Waals surface area contributed by atoms with E-state index in [1.807, 2.05) is 34.1 Å². The van der Waals surface area contributed by atoms with E-state index in [0.717, 1.165) is 83.5 Å². The maximum atomic E-state index is 12.6. The fourth-order valence-corrected chi connectivity index (χ4v) is 5.53. The van der Waals surface area contributed by atoms with Gasteiger partial charge < -0.3 is 24.0 Å². The lowest BCUT2D eigenvalue weighted by Gasteiger charge is -2.24. The number of esters is 2. The Morgan fingerprint density at radius 3 is 1.81 bits per heavy atom. The molecular formula is C42H75NO9P+. The highest BCUT2D eigenvalue weighted by molar-refractivity contribution is 7.47. The number of carbonyl (C=O) groups excluding carboxylic acids is 2. The van der Waals surface area contributed by atoms with E-state index in [1.165, 1.54) is 12.8 Å². The van der Waals surface area contributed by atoms with E-state index < -0.39 is 32.5 Å². The molecule has 0 rings (SSSR count). The van der Waals surface area contributed by atoms with Crippen LogP contribution in [0.2, 0.25) is 0 Å². The molecule has 0 spiro atoms. The number of likely N-dealkylation sites (N-methyl/N-ethyl adjacent to an activating group) is 1. The molecule has 0 aromatic rings. The van der Waals surface area contributed by atoms with Crippen molar-refractivity contribution < 1.29 is 47.2 Å². The minimum absolute atomic E-state index is 0.0132. The quantitative estimate of drug-likeness (QED) is 0.0213. The zero-order valence-electron chi connectivity index (χ0n) is 33.8.